The van der Waals surface area contributed by atoms with E-state index < -0.39 is 0 Å². The van der Waals surface area contributed by atoms with Crippen molar-refractivity contribution in [1.29, 1.82) is 0 Å². The molecule has 0 aliphatic rings. The van der Waals surface area contributed by atoms with E-state index in [9.17, 15) is 4.79 Å². The molecule has 1 N–H and O–H groups in total. The Morgan fingerprint density at radius 3 is 2.48 bits per heavy atom. The molecule has 2 aromatic carbocycles. The van der Waals surface area contributed by atoms with Gasteiger partial charge >= 0.3 is 0 Å². The molecular weight excluding hydrogens is 530 g/mol. The summed E-state index contributed by atoms with van der Waals surface area (Å²) in [6.07, 6.45) is 4.40. The smallest absolute Gasteiger partial charge is 0.220 e. The van der Waals surface area contributed by atoms with Gasteiger partial charge in [0.05, 0.1) is 51.4 Å². The molecule has 1 amide bonds. The van der Waals surface area contributed by atoms with Crippen LogP contribution in [0.1, 0.15) is 42.3 Å². The number of carbonyl (C=O) groups is 1. The molecule has 0 saturated carbocycles. The fourth-order valence-electron chi connectivity index (χ4n) is 4.84. The summed E-state index contributed by atoms with van der Waals surface area (Å²) < 4.78 is 23.8. The topological polar surface area (TPSA) is 83.3 Å². The second-order valence-corrected chi connectivity index (χ2v) is 10.1. The van der Waals surface area contributed by atoms with Crippen molar-refractivity contribution in [1.82, 2.24) is 14.7 Å². The van der Waals surface area contributed by atoms with Crippen LogP contribution in [0.5, 0.6) is 23.0 Å². The third-order valence-corrected chi connectivity index (χ3v) is 7.42. The lowest BCUT2D eigenvalue weighted by Gasteiger charge is -2.16. The van der Waals surface area contributed by atoms with Gasteiger partial charge < -0.3 is 28.7 Å². The summed E-state index contributed by atoms with van der Waals surface area (Å²) in [5.41, 5.74) is 4.56. The Hall–Kier alpha value is -3.91. The highest BCUT2D eigenvalue weighted by Gasteiger charge is 2.18. The first-order valence-corrected chi connectivity index (χ1v) is 13.6. The van der Waals surface area contributed by atoms with E-state index in [-0.39, 0.29) is 11.8 Å². The maximum Gasteiger partial charge on any atom is 0.220 e. The molecule has 2 aromatic heterocycles. The quantitative estimate of drug-likeness (QED) is 0.218. The molecule has 0 bridgehead atoms. The number of methoxy groups -OCH3 is 4. The molecule has 9 heteroatoms. The summed E-state index contributed by atoms with van der Waals surface area (Å²) in [5, 5.41) is 3.61. The molecule has 1 unspecified atom stereocenters. The molecule has 212 valence electrons. The van der Waals surface area contributed by atoms with E-state index in [2.05, 4.69) is 16.6 Å². The van der Waals surface area contributed by atoms with Gasteiger partial charge in [0, 0.05) is 24.6 Å². The zero-order chi connectivity index (χ0) is 28.6. The molecule has 4 rings (SSSR count). The van der Waals surface area contributed by atoms with Gasteiger partial charge in [-0.05, 0) is 60.7 Å². The summed E-state index contributed by atoms with van der Waals surface area (Å²) in [7, 11) is 6.45. The predicted molar refractivity (Wildman–Crippen MR) is 156 cm³/mol. The first kappa shape index (κ1) is 29.1. The maximum atomic E-state index is 12.8. The third kappa shape index (κ3) is 6.62. The number of halogens is 1. The van der Waals surface area contributed by atoms with Crippen LogP contribution >= 0.6 is 11.6 Å². The minimum absolute atomic E-state index is 0.0211. The number of hydrogen-bond acceptors (Lipinski definition) is 6. The number of hydrogen-bond donors (Lipinski definition) is 1. The van der Waals surface area contributed by atoms with E-state index in [1.54, 1.807) is 28.4 Å². The number of fused-ring (bicyclic) bond motifs is 1. The minimum atomic E-state index is -0.0211. The Morgan fingerprint density at radius 1 is 0.975 bits per heavy atom. The van der Waals surface area contributed by atoms with Crippen molar-refractivity contribution in [3.8, 4) is 23.0 Å². The first-order chi connectivity index (χ1) is 19.4. The van der Waals surface area contributed by atoms with Crippen LogP contribution in [0.4, 0.5) is 0 Å². The van der Waals surface area contributed by atoms with Gasteiger partial charge in [0.1, 0.15) is 17.1 Å². The van der Waals surface area contributed by atoms with Crippen LogP contribution in [0.2, 0.25) is 5.02 Å². The van der Waals surface area contributed by atoms with E-state index in [1.807, 2.05) is 54.7 Å². The number of ether oxygens (including phenoxy) is 4. The van der Waals surface area contributed by atoms with Gasteiger partial charge in [0.25, 0.3) is 0 Å². The highest BCUT2D eigenvalue weighted by Crippen LogP contribution is 2.38. The van der Waals surface area contributed by atoms with Crippen molar-refractivity contribution in [2.75, 3.05) is 28.4 Å². The molecule has 8 nitrogen and oxygen atoms in total. The standard InChI is InChI=1S/C31H36ClN3O5/c1-20(16-21-10-12-27(39-4)31(40-5)30(21)32)9-14-29(36)33-19-24-25(35-15-7-6-8-28(35)34-24)18-22-17-23(37-2)11-13-26(22)38-3/h6-8,10-13,15,17,20H,9,14,16,18-19H2,1-5H3,(H,33,36). The SMILES string of the molecule is COc1ccc(OC)c(Cc2c(CNC(=O)CCC(C)Cc3ccc(OC)c(OC)c3Cl)nc3ccccn23)c1. The number of nitrogens with zero attached hydrogens (tertiary/aromatic N) is 2. The van der Waals surface area contributed by atoms with Crippen LogP contribution in [-0.4, -0.2) is 43.7 Å². The normalized spacial score (nSPS) is 11.8. The number of carbonyl (C=O) groups excluding carboxylic acids is 1. The Kier molecular flexibility index (Phi) is 9.77. The van der Waals surface area contributed by atoms with Gasteiger partial charge in [0.2, 0.25) is 5.91 Å². The number of aromatic nitrogens is 2. The Bertz CT molecular complexity index is 1470. The summed E-state index contributed by atoms with van der Waals surface area (Å²) in [5.74, 6) is 2.87. The van der Waals surface area contributed by atoms with Crippen LogP contribution < -0.4 is 24.3 Å². The number of rotatable bonds is 13. The van der Waals surface area contributed by atoms with Crippen molar-refractivity contribution < 1.29 is 23.7 Å². The summed E-state index contributed by atoms with van der Waals surface area (Å²) in [6, 6.07) is 15.4. The fourth-order valence-corrected chi connectivity index (χ4v) is 5.15. The molecule has 4 aromatic rings. The lowest BCUT2D eigenvalue weighted by molar-refractivity contribution is -0.121. The lowest BCUT2D eigenvalue weighted by atomic mass is 9.96. The van der Waals surface area contributed by atoms with Crippen molar-refractivity contribution in [3.63, 3.8) is 0 Å². The highest BCUT2D eigenvalue weighted by molar-refractivity contribution is 6.33. The Balaban J connectivity index is 1.41. The molecule has 1 atom stereocenters. The van der Waals surface area contributed by atoms with Crippen LogP contribution in [0.3, 0.4) is 0 Å². The highest BCUT2D eigenvalue weighted by atomic mass is 35.5. The first-order valence-electron chi connectivity index (χ1n) is 13.2. The van der Waals surface area contributed by atoms with Crippen LogP contribution in [0.15, 0.2) is 54.7 Å². The second-order valence-electron chi connectivity index (χ2n) is 9.69. The molecule has 0 radical (unpaired) electrons. The molecular formula is C31H36ClN3O5. The van der Waals surface area contributed by atoms with E-state index in [4.69, 9.17) is 35.5 Å². The molecule has 0 spiro atoms. The molecule has 2 heterocycles. The molecule has 0 aliphatic heterocycles. The number of benzene rings is 2. The second kappa shape index (κ2) is 13.4. The Morgan fingerprint density at radius 2 is 1.75 bits per heavy atom. The lowest BCUT2D eigenvalue weighted by Crippen LogP contribution is -2.24. The van der Waals surface area contributed by atoms with Gasteiger partial charge in [-0.3, -0.25) is 4.79 Å². The summed E-state index contributed by atoms with van der Waals surface area (Å²) in [6.45, 7) is 2.44. The molecule has 0 saturated heterocycles. The van der Waals surface area contributed by atoms with Crippen molar-refractivity contribution in [2.45, 2.75) is 39.2 Å². The zero-order valence-electron chi connectivity index (χ0n) is 23.6. The van der Waals surface area contributed by atoms with Crippen molar-refractivity contribution in [2.24, 2.45) is 5.92 Å². The monoisotopic (exact) mass is 565 g/mol. The zero-order valence-corrected chi connectivity index (χ0v) is 24.4. The number of pyridine rings is 1. The fraction of sp³-hybridized carbons (Fsp3) is 0.355. The largest absolute Gasteiger partial charge is 0.497 e. The van der Waals surface area contributed by atoms with Gasteiger partial charge in [-0.2, -0.15) is 0 Å². The van der Waals surface area contributed by atoms with Crippen LogP contribution in [-0.2, 0) is 24.2 Å². The van der Waals surface area contributed by atoms with E-state index in [0.29, 0.717) is 35.9 Å². The van der Waals surface area contributed by atoms with Gasteiger partial charge in [-0.1, -0.05) is 30.7 Å². The number of nitrogens with one attached hydrogen (secondary N) is 1. The Labute approximate surface area is 240 Å². The van der Waals surface area contributed by atoms with Crippen molar-refractivity contribution in [3.05, 3.63) is 82.3 Å². The number of imidazole rings is 1. The predicted octanol–water partition coefficient (Wildman–Crippen LogP) is 5.89. The third-order valence-electron chi connectivity index (χ3n) is 7.01. The average molecular weight is 566 g/mol. The maximum absolute atomic E-state index is 12.8. The molecule has 40 heavy (non-hydrogen) atoms. The minimum Gasteiger partial charge on any atom is -0.497 e. The van der Waals surface area contributed by atoms with Crippen LogP contribution in [0, 0.1) is 5.92 Å². The van der Waals surface area contributed by atoms with Gasteiger partial charge in [-0.25, -0.2) is 4.98 Å². The number of amides is 1. The molecule has 0 aliphatic carbocycles. The average Bonchev–Trinajstić information content (AvgIpc) is 3.32. The summed E-state index contributed by atoms with van der Waals surface area (Å²) in [4.78, 5) is 17.7. The van der Waals surface area contributed by atoms with Crippen molar-refractivity contribution >= 4 is 23.2 Å². The summed E-state index contributed by atoms with van der Waals surface area (Å²) >= 11 is 6.55. The van der Waals surface area contributed by atoms with Gasteiger partial charge in [0.15, 0.2) is 11.5 Å². The van der Waals surface area contributed by atoms with Crippen LogP contribution in [0.25, 0.3) is 5.65 Å². The van der Waals surface area contributed by atoms with E-state index >= 15 is 0 Å². The van der Waals surface area contributed by atoms with Gasteiger partial charge in [-0.15, -0.1) is 0 Å². The van der Waals surface area contributed by atoms with E-state index in [1.165, 1.54) is 0 Å². The van der Waals surface area contributed by atoms with E-state index in [0.717, 1.165) is 52.5 Å². The molecule has 0 fully saturated rings.